The van der Waals surface area contributed by atoms with Crippen molar-refractivity contribution in [3.05, 3.63) is 0 Å². The van der Waals surface area contributed by atoms with E-state index in [9.17, 15) is 9.18 Å². The number of carbonyl (C=O) groups is 1. The fourth-order valence-corrected chi connectivity index (χ4v) is 2.85. The maximum atomic E-state index is 13.5. The van der Waals surface area contributed by atoms with E-state index in [0.717, 1.165) is 6.54 Å². The third-order valence-corrected chi connectivity index (χ3v) is 3.49. The molecular weight excluding hydrogens is 223 g/mol. The lowest BCUT2D eigenvalue weighted by atomic mass is 9.91. The largest absolute Gasteiger partial charge is 0.444 e. The Bertz CT molecular complexity index is 316. The second kappa shape index (κ2) is 4.12. The number of amides is 1. The maximum absolute atomic E-state index is 13.5. The van der Waals surface area contributed by atoms with Crippen molar-refractivity contribution in [3.8, 4) is 0 Å². The second-order valence-electron chi connectivity index (χ2n) is 6.15. The zero-order chi connectivity index (χ0) is 12.7. The van der Waals surface area contributed by atoms with Gasteiger partial charge in [0.1, 0.15) is 11.8 Å². The minimum absolute atomic E-state index is 0.185. The van der Waals surface area contributed by atoms with Gasteiger partial charge < -0.3 is 15.4 Å². The molecule has 1 saturated carbocycles. The third kappa shape index (κ3) is 2.70. The van der Waals surface area contributed by atoms with E-state index in [1.807, 2.05) is 20.8 Å². The molecule has 0 aromatic carbocycles. The molecule has 17 heavy (non-hydrogen) atoms. The zero-order valence-corrected chi connectivity index (χ0v) is 10.7. The van der Waals surface area contributed by atoms with Crippen LogP contribution in [-0.4, -0.2) is 36.5 Å². The van der Waals surface area contributed by atoms with Crippen LogP contribution in [0.5, 0.6) is 0 Å². The molecule has 1 aliphatic heterocycles. The normalized spacial score (nSPS) is 36.7. The molecule has 0 bridgehead atoms. The Hall–Kier alpha value is -0.840. The molecule has 0 spiro atoms. The SMILES string of the molecule is CC(C)(C)OC(=O)N[C@]12CNC[C@H]1CC(F)C2. The summed E-state index contributed by atoms with van der Waals surface area (Å²) >= 11 is 0. The van der Waals surface area contributed by atoms with Crippen molar-refractivity contribution in [1.82, 2.24) is 10.6 Å². The first-order valence-electron chi connectivity index (χ1n) is 6.17. The van der Waals surface area contributed by atoms with Gasteiger partial charge in [-0.05, 0) is 33.1 Å². The summed E-state index contributed by atoms with van der Waals surface area (Å²) in [7, 11) is 0. The Labute approximate surface area is 101 Å². The standard InChI is InChI=1S/C12H21FN2O2/c1-11(2,3)17-10(16)15-12-5-9(13)4-8(12)6-14-7-12/h8-9,14H,4-7H2,1-3H3,(H,15,16)/t8-,9?,12-/m1/s1. The topological polar surface area (TPSA) is 50.4 Å². The van der Waals surface area contributed by atoms with Crippen LogP contribution < -0.4 is 10.6 Å². The summed E-state index contributed by atoms with van der Waals surface area (Å²) in [6, 6.07) is 0. The van der Waals surface area contributed by atoms with E-state index in [4.69, 9.17) is 4.74 Å². The number of carbonyl (C=O) groups excluding carboxylic acids is 1. The number of alkyl halides is 1. The van der Waals surface area contributed by atoms with Crippen molar-refractivity contribution in [2.75, 3.05) is 13.1 Å². The lowest BCUT2D eigenvalue weighted by Gasteiger charge is -2.31. The Kier molecular flexibility index (Phi) is 3.06. The molecule has 0 aromatic heterocycles. The number of nitrogens with one attached hydrogen (secondary N) is 2. The van der Waals surface area contributed by atoms with Crippen LogP contribution in [0.2, 0.25) is 0 Å². The fraction of sp³-hybridized carbons (Fsp3) is 0.917. The van der Waals surface area contributed by atoms with Gasteiger partial charge >= 0.3 is 6.09 Å². The number of halogens is 1. The molecule has 2 N–H and O–H groups in total. The number of hydrogen-bond acceptors (Lipinski definition) is 3. The van der Waals surface area contributed by atoms with Crippen molar-refractivity contribution in [1.29, 1.82) is 0 Å². The molecule has 98 valence electrons. The highest BCUT2D eigenvalue weighted by molar-refractivity contribution is 5.69. The van der Waals surface area contributed by atoms with E-state index in [2.05, 4.69) is 10.6 Å². The molecule has 4 nitrogen and oxygen atoms in total. The molecule has 1 unspecified atom stereocenters. The highest BCUT2D eigenvalue weighted by Crippen LogP contribution is 2.40. The zero-order valence-electron chi connectivity index (χ0n) is 10.7. The summed E-state index contributed by atoms with van der Waals surface area (Å²) in [6.45, 7) is 6.87. The van der Waals surface area contributed by atoms with Crippen LogP contribution in [0, 0.1) is 5.92 Å². The van der Waals surface area contributed by atoms with Crippen molar-refractivity contribution >= 4 is 6.09 Å². The van der Waals surface area contributed by atoms with Gasteiger partial charge in [-0.2, -0.15) is 0 Å². The van der Waals surface area contributed by atoms with E-state index >= 15 is 0 Å². The molecule has 0 radical (unpaired) electrons. The van der Waals surface area contributed by atoms with Gasteiger partial charge in [-0.1, -0.05) is 0 Å². The van der Waals surface area contributed by atoms with Crippen LogP contribution in [0.1, 0.15) is 33.6 Å². The average Bonchev–Trinajstić information content (AvgIpc) is 2.54. The molecule has 3 atom stereocenters. The lowest BCUT2D eigenvalue weighted by Crippen LogP contribution is -2.53. The molecule has 2 rings (SSSR count). The van der Waals surface area contributed by atoms with Crippen LogP contribution in [-0.2, 0) is 4.74 Å². The first-order chi connectivity index (χ1) is 7.81. The predicted octanol–water partition coefficient (Wildman–Crippen LogP) is 1.60. The van der Waals surface area contributed by atoms with Crippen LogP contribution in [0.25, 0.3) is 0 Å². The second-order valence-corrected chi connectivity index (χ2v) is 6.15. The van der Waals surface area contributed by atoms with Crippen molar-refractivity contribution < 1.29 is 13.9 Å². The number of ether oxygens (including phenoxy) is 1. The smallest absolute Gasteiger partial charge is 0.408 e. The Morgan fingerprint density at radius 3 is 2.88 bits per heavy atom. The highest BCUT2D eigenvalue weighted by Gasteiger charge is 2.51. The number of rotatable bonds is 1. The minimum atomic E-state index is -0.808. The molecule has 2 fully saturated rings. The van der Waals surface area contributed by atoms with E-state index < -0.39 is 23.4 Å². The summed E-state index contributed by atoms with van der Waals surface area (Å²) in [5.41, 5.74) is -0.961. The summed E-state index contributed by atoms with van der Waals surface area (Å²) < 4.78 is 18.7. The lowest BCUT2D eigenvalue weighted by molar-refractivity contribution is 0.0447. The monoisotopic (exact) mass is 244 g/mol. The Morgan fingerprint density at radius 1 is 1.53 bits per heavy atom. The molecule has 5 heteroatoms. The predicted molar refractivity (Wildman–Crippen MR) is 62.6 cm³/mol. The number of alkyl carbamates (subject to hydrolysis) is 1. The van der Waals surface area contributed by atoms with E-state index in [-0.39, 0.29) is 5.92 Å². The molecule has 1 amide bonds. The van der Waals surface area contributed by atoms with E-state index in [1.165, 1.54) is 0 Å². The van der Waals surface area contributed by atoms with Crippen LogP contribution in [0.4, 0.5) is 9.18 Å². The molecule has 1 aliphatic carbocycles. The van der Waals surface area contributed by atoms with Gasteiger partial charge in [-0.25, -0.2) is 9.18 Å². The van der Waals surface area contributed by atoms with Crippen molar-refractivity contribution in [3.63, 3.8) is 0 Å². The molecular formula is C12H21FN2O2. The minimum Gasteiger partial charge on any atom is -0.444 e. The third-order valence-electron chi connectivity index (χ3n) is 3.49. The first kappa shape index (κ1) is 12.6. The van der Waals surface area contributed by atoms with Gasteiger partial charge in [0.25, 0.3) is 0 Å². The maximum Gasteiger partial charge on any atom is 0.408 e. The van der Waals surface area contributed by atoms with Crippen LogP contribution in [0.15, 0.2) is 0 Å². The first-order valence-corrected chi connectivity index (χ1v) is 6.17. The summed E-state index contributed by atoms with van der Waals surface area (Å²) in [4.78, 5) is 11.8. The summed E-state index contributed by atoms with van der Waals surface area (Å²) in [6.07, 6.45) is -0.329. The molecule has 2 aliphatic rings. The average molecular weight is 244 g/mol. The fourth-order valence-electron chi connectivity index (χ4n) is 2.85. The van der Waals surface area contributed by atoms with Crippen LogP contribution in [0.3, 0.4) is 0 Å². The van der Waals surface area contributed by atoms with Crippen LogP contribution >= 0.6 is 0 Å². The van der Waals surface area contributed by atoms with Crippen molar-refractivity contribution in [2.45, 2.75) is 50.9 Å². The van der Waals surface area contributed by atoms with E-state index in [1.54, 1.807) is 0 Å². The number of hydrogen-bond donors (Lipinski definition) is 2. The van der Waals surface area contributed by atoms with Crippen molar-refractivity contribution in [2.24, 2.45) is 5.92 Å². The molecule has 0 aromatic rings. The summed E-state index contributed by atoms with van der Waals surface area (Å²) in [5, 5.41) is 6.09. The number of fused-ring (bicyclic) bond motifs is 1. The van der Waals surface area contributed by atoms with Gasteiger partial charge in [0.2, 0.25) is 0 Å². The molecule has 1 saturated heterocycles. The Balaban J connectivity index is 1.99. The summed E-state index contributed by atoms with van der Waals surface area (Å²) in [5.74, 6) is 0.185. The van der Waals surface area contributed by atoms with Gasteiger partial charge in [-0.3, -0.25) is 0 Å². The Morgan fingerprint density at radius 2 is 2.24 bits per heavy atom. The quantitative estimate of drug-likeness (QED) is 0.736. The van der Waals surface area contributed by atoms with E-state index in [0.29, 0.717) is 19.4 Å². The van der Waals surface area contributed by atoms with Gasteiger partial charge in [0, 0.05) is 19.5 Å². The van der Waals surface area contributed by atoms with Gasteiger partial charge in [0.15, 0.2) is 0 Å². The highest BCUT2D eigenvalue weighted by atomic mass is 19.1. The molecule has 1 heterocycles. The van der Waals surface area contributed by atoms with Gasteiger partial charge in [0.05, 0.1) is 5.54 Å². The van der Waals surface area contributed by atoms with Gasteiger partial charge in [-0.15, -0.1) is 0 Å².